The van der Waals surface area contributed by atoms with E-state index >= 15 is 0 Å². The van der Waals surface area contributed by atoms with Crippen molar-refractivity contribution in [2.45, 2.75) is 25.9 Å². The van der Waals surface area contributed by atoms with Gasteiger partial charge in [-0.15, -0.1) is 0 Å². The van der Waals surface area contributed by atoms with Gasteiger partial charge in [0.05, 0.1) is 18.3 Å². The Morgan fingerprint density at radius 1 is 1.91 bits per heavy atom. The fourth-order valence-corrected chi connectivity index (χ4v) is 1.12. The second-order valence-electron chi connectivity index (χ2n) is 2.47. The quantitative estimate of drug-likeness (QED) is 0.596. The Labute approximate surface area is 65.7 Å². The molecule has 0 bridgehead atoms. The minimum atomic E-state index is -0.603. The Morgan fingerprint density at radius 3 is 3.09 bits per heavy atom. The van der Waals surface area contributed by atoms with Crippen LogP contribution >= 0.6 is 0 Å². The average molecular weight is 156 g/mol. The molecule has 0 saturated carbocycles. The zero-order valence-corrected chi connectivity index (χ0v) is 6.54. The number of esters is 1. The van der Waals surface area contributed by atoms with Crippen LogP contribution in [-0.2, 0) is 9.53 Å². The summed E-state index contributed by atoms with van der Waals surface area (Å²) in [5.74, 6) is -0.377. The first kappa shape index (κ1) is 8.27. The fraction of sp³-hybridized carbons (Fsp3) is 0.625. The van der Waals surface area contributed by atoms with Gasteiger partial charge in [-0.25, -0.2) is 4.79 Å². The lowest BCUT2D eigenvalue weighted by molar-refractivity contribution is -0.139. The van der Waals surface area contributed by atoms with Crippen LogP contribution in [0, 0.1) is 0 Å². The molecule has 0 saturated heterocycles. The van der Waals surface area contributed by atoms with E-state index in [0.717, 1.165) is 6.42 Å². The number of carbonyl (C=O) groups is 1. The van der Waals surface area contributed by atoms with E-state index in [4.69, 9.17) is 4.74 Å². The minimum Gasteiger partial charge on any atom is -0.463 e. The van der Waals surface area contributed by atoms with E-state index in [2.05, 4.69) is 0 Å². The standard InChI is InChI=1S/C8H12O3/c1-2-11-8(10)6-4-3-5-7(6)9/h4,7,9H,2-3,5H2,1H3/t7-/m0/s1. The first-order valence-electron chi connectivity index (χ1n) is 3.81. The highest BCUT2D eigenvalue weighted by atomic mass is 16.5. The van der Waals surface area contributed by atoms with Crippen LogP contribution in [-0.4, -0.2) is 23.8 Å². The van der Waals surface area contributed by atoms with Gasteiger partial charge in [-0.3, -0.25) is 0 Å². The Bertz CT molecular complexity index is 184. The van der Waals surface area contributed by atoms with Crippen molar-refractivity contribution in [3.8, 4) is 0 Å². The molecule has 1 aliphatic rings. The highest BCUT2D eigenvalue weighted by Gasteiger charge is 2.23. The molecule has 0 fully saturated rings. The molecule has 1 atom stereocenters. The van der Waals surface area contributed by atoms with Crippen molar-refractivity contribution < 1.29 is 14.6 Å². The van der Waals surface area contributed by atoms with E-state index in [-0.39, 0.29) is 5.97 Å². The van der Waals surface area contributed by atoms with Gasteiger partial charge in [0.1, 0.15) is 0 Å². The molecule has 62 valence electrons. The molecule has 0 unspecified atom stereocenters. The molecule has 0 aliphatic heterocycles. The number of allylic oxidation sites excluding steroid dienone is 1. The molecule has 0 heterocycles. The van der Waals surface area contributed by atoms with E-state index in [1.165, 1.54) is 0 Å². The normalized spacial score (nSPS) is 23.1. The number of carbonyl (C=O) groups excluding carboxylic acids is 1. The van der Waals surface area contributed by atoms with E-state index in [9.17, 15) is 9.90 Å². The summed E-state index contributed by atoms with van der Waals surface area (Å²) in [5.41, 5.74) is 0.423. The highest BCUT2D eigenvalue weighted by Crippen LogP contribution is 2.19. The molecule has 0 aromatic heterocycles. The lowest BCUT2D eigenvalue weighted by Crippen LogP contribution is -2.16. The van der Waals surface area contributed by atoms with E-state index in [1.54, 1.807) is 13.0 Å². The molecule has 1 aliphatic carbocycles. The Balaban J connectivity index is 2.52. The van der Waals surface area contributed by atoms with Gasteiger partial charge in [-0.05, 0) is 19.8 Å². The second-order valence-corrected chi connectivity index (χ2v) is 2.47. The zero-order chi connectivity index (χ0) is 8.27. The zero-order valence-electron chi connectivity index (χ0n) is 6.54. The summed E-state index contributed by atoms with van der Waals surface area (Å²) >= 11 is 0. The van der Waals surface area contributed by atoms with Crippen LogP contribution in [0.1, 0.15) is 19.8 Å². The summed E-state index contributed by atoms with van der Waals surface area (Å²) in [6, 6.07) is 0. The van der Waals surface area contributed by atoms with Gasteiger partial charge >= 0.3 is 5.97 Å². The predicted molar refractivity (Wildman–Crippen MR) is 40.0 cm³/mol. The van der Waals surface area contributed by atoms with Crippen molar-refractivity contribution in [1.82, 2.24) is 0 Å². The van der Waals surface area contributed by atoms with Crippen LogP contribution < -0.4 is 0 Å². The molecule has 0 aromatic rings. The molecule has 0 radical (unpaired) electrons. The molecule has 0 aromatic carbocycles. The van der Waals surface area contributed by atoms with Gasteiger partial charge in [0, 0.05) is 0 Å². The summed E-state index contributed by atoms with van der Waals surface area (Å²) in [7, 11) is 0. The van der Waals surface area contributed by atoms with Crippen molar-refractivity contribution in [3.05, 3.63) is 11.6 Å². The van der Waals surface area contributed by atoms with Gasteiger partial charge < -0.3 is 9.84 Å². The molecule has 0 amide bonds. The van der Waals surface area contributed by atoms with Crippen LogP contribution in [0.15, 0.2) is 11.6 Å². The van der Waals surface area contributed by atoms with Crippen molar-refractivity contribution in [3.63, 3.8) is 0 Å². The summed E-state index contributed by atoms with van der Waals surface area (Å²) in [5, 5.41) is 9.22. The number of rotatable bonds is 2. The van der Waals surface area contributed by atoms with Crippen LogP contribution in [0.4, 0.5) is 0 Å². The molecular formula is C8H12O3. The highest BCUT2D eigenvalue weighted by molar-refractivity contribution is 5.90. The van der Waals surface area contributed by atoms with Crippen molar-refractivity contribution in [1.29, 1.82) is 0 Å². The molecule has 1 rings (SSSR count). The van der Waals surface area contributed by atoms with Gasteiger partial charge in [0.15, 0.2) is 0 Å². The third-order valence-electron chi connectivity index (χ3n) is 1.67. The second kappa shape index (κ2) is 3.53. The maximum absolute atomic E-state index is 11.0. The Morgan fingerprint density at radius 2 is 2.64 bits per heavy atom. The number of aliphatic hydroxyl groups excluding tert-OH is 1. The largest absolute Gasteiger partial charge is 0.463 e. The lowest BCUT2D eigenvalue weighted by Gasteiger charge is -2.06. The smallest absolute Gasteiger partial charge is 0.336 e. The summed E-state index contributed by atoms with van der Waals surface area (Å²) < 4.78 is 4.73. The molecule has 0 spiro atoms. The maximum Gasteiger partial charge on any atom is 0.336 e. The first-order chi connectivity index (χ1) is 5.25. The SMILES string of the molecule is CCOC(=O)C1=CCC[C@@H]1O. The van der Waals surface area contributed by atoms with Crippen LogP contribution in [0.25, 0.3) is 0 Å². The van der Waals surface area contributed by atoms with Crippen molar-refractivity contribution >= 4 is 5.97 Å². The lowest BCUT2D eigenvalue weighted by atomic mass is 10.2. The molecule has 1 N–H and O–H groups in total. The first-order valence-corrected chi connectivity index (χ1v) is 3.81. The van der Waals surface area contributed by atoms with Gasteiger partial charge in [0.25, 0.3) is 0 Å². The Hall–Kier alpha value is -0.830. The van der Waals surface area contributed by atoms with E-state index < -0.39 is 6.10 Å². The van der Waals surface area contributed by atoms with E-state index in [1.807, 2.05) is 0 Å². The third-order valence-corrected chi connectivity index (χ3v) is 1.67. The van der Waals surface area contributed by atoms with Crippen molar-refractivity contribution in [2.75, 3.05) is 6.61 Å². The van der Waals surface area contributed by atoms with Crippen LogP contribution in [0.5, 0.6) is 0 Å². The topological polar surface area (TPSA) is 46.5 Å². The summed E-state index contributed by atoms with van der Waals surface area (Å²) in [6.07, 6.45) is 2.56. The summed E-state index contributed by atoms with van der Waals surface area (Å²) in [6.45, 7) is 2.11. The monoisotopic (exact) mass is 156 g/mol. The fourth-order valence-electron chi connectivity index (χ4n) is 1.12. The number of hydrogen-bond donors (Lipinski definition) is 1. The molecular weight excluding hydrogens is 144 g/mol. The van der Waals surface area contributed by atoms with Gasteiger partial charge in [-0.1, -0.05) is 6.08 Å². The summed E-state index contributed by atoms with van der Waals surface area (Å²) in [4.78, 5) is 11.0. The van der Waals surface area contributed by atoms with E-state index in [0.29, 0.717) is 18.6 Å². The number of aliphatic hydroxyl groups is 1. The van der Waals surface area contributed by atoms with Gasteiger partial charge in [-0.2, -0.15) is 0 Å². The molecule has 3 nitrogen and oxygen atoms in total. The number of hydrogen-bond acceptors (Lipinski definition) is 3. The molecule has 11 heavy (non-hydrogen) atoms. The molecule has 3 heteroatoms. The van der Waals surface area contributed by atoms with Gasteiger partial charge in [0.2, 0.25) is 0 Å². The van der Waals surface area contributed by atoms with Crippen molar-refractivity contribution in [2.24, 2.45) is 0 Å². The predicted octanol–water partition coefficient (Wildman–Crippen LogP) is 0.631. The Kier molecular flexibility index (Phi) is 2.65. The minimum absolute atomic E-state index is 0.364. The third kappa shape index (κ3) is 1.80. The van der Waals surface area contributed by atoms with Crippen LogP contribution in [0.2, 0.25) is 0 Å². The number of ether oxygens (including phenoxy) is 1. The van der Waals surface area contributed by atoms with Crippen LogP contribution in [0.3, 0.4) is 0 Å². The average Bonchev–Trinajstić information content (AvgIpc) is 2.36. The maximum atomic E-state index is 11.0.